The fourth-order valence-corrected chi connectivity index (χ4v) is 1.68. The average molecular weight is 272 g/mol. The van der Waals surface area contributed by atoms with Gasteiger partial charge in [-0.05, 0) is 24.3 Å². The van der Waals surface area contributed by atoms with Crippen LogP contribution < -0.4 is 14.9 Å². The Morgan fingerprint density at radius 1 is 1.05 bits per heavy atom. The fourth-order valence-electron chi connectivity index (χ4n) is 1.68. The minimum absolute atomic E-state index is 0.0248. The lowest BCUT2D eigenvalue weighted by atomic mass is 10.2. The average Bonchev–Trinajstić information content (AvgIpc) is 2.49. The molecule has 0 saturated carbocycles. The second-order valence-corrected chi connectivity index (χ2v) is 4.01. The summed E-state index contributed by atoms with van der Waals surface area (Å²) < 4.78 is 10.2. The highest BCUT2D eigenvalue weighted by molar-refractivity contribution is 5.82. The van der Waals surface area contributed by atoms with E-state index in [-0.39, 0.29) is 5.75 Å². The predicted molar refractivity (Wildman–Crippen MR) is 78.9 cm³/mol. The zero-order valence-electron chi connectivity index (χ0n) is 11.3. The van der Waals surface area contributed by atoms with Gasteiger partial charge in [-0.3, -0.25) is 5.43 Å². The van der Waals surface area contributed by atoms with E-state index in [1.165, 1.54) is 14.2 Å². The number of nitrogens with one attached hydrogen (secondary N) is 1. The largest absolute Gasteiger partial charge is 0.502 e. The topological polar surface area (TPSA) is 63.1 Å². The van der Waals surface area contributed by atoms with Crippen LogP contribution in [0.15, 0.2) is 47.6 Å². The van der Waals surface area contributed by atoms with Gasteiger partial charge in [0.15, 0.2) is 11.5 Å². The van der Waals surface area contributed by atoms with Gasteiger partial charge >= 0.3 is 0 Å². The number of aromatic hydroxyl groups is 1. The third-order valence-corrected chi connectivity index (χ3v) is 2.68. The summed E-state index contributed by atoms with van der Waals surface area (Å²) in [5.41, 5.74) is 4.55. The third kappa shape index (κ3) is 3.20. The van der Waals surface area contributed by atoms with Gasteiger partial charge in [0, 0.05) is 5.56 Å². The molecule has 2 aromatic carbocycles. The van der Waals surface area contributed by atoms with Crippen LogP contribution >= 0.6 is 0 Å². The van der Waals surface area contributed by atoms with Crippen molar-refractivity contribution in [2.24, 2.45) is 5.10 Å². The Kier molecular flexibility index (Phi) is 4.44. The highest BCUT2D eigenvalue weighted by atomic mass is 16.5. The zero-order valence-corrected chi connectivity index (χ0v) is 11.3. The molecule has 0 aromatic heterocycles. The Balaban J connectivity index is 2.16. The molecule has 5 heteroatoms. The van der Waals surface area contributed by atoms with Crippen LogP contribution in [-0.2, 0) is 0 Å². The molecular formula is C15H16N2O3. The number of phenolic OH excluding ortho intramolecular Hbond substituents is 1. The second-order valence-electron chi connectivity index (χ2n) is 4.01. The van der Waals surface area contributed by atoms with Crippen molar-refractivity contribution in [3.63, 3.8) is 0 Å². The molecule has 0 amide bonds. The molecule has 0 aliphatic carbocycles. The highest BCUT2D eigenvalue weighted by Gasteiger charge is 2.09. The van der Waals surface area contributed by atoms with Gasteiger partial charge in [0.05, 0.1) is 26.1 Å². The summed E-state index contributed by atoms with van der Waals surface area (Å²) in [6.07, 6.45) is 1.62. The van der Waals surface area contributed by atoms with Gasteiger partial charge in [-0.25, -0.2) is 0 Å². The van der Waals surface area contributed by atoms with Gasteiger partial charge in [0.2, 0.25) is 5.75 Å². The number of anilines is 1. The number of hydrazone groups is 1. The van der Waals surface area contributed by atoms with Gasteiger partial charge in [0.25, 0.3) is 0 Å². The van der Waals surface area contributed by atoms with Gasteiger partial charge < -0.3 is 14.6 Å². The Morgan fingerprint density at radius 3 is 2.20 bits per heavy atom. The van der Waals surface area contributed by atoms with Crippen LogP contribution in [0.5, 0.6) is 17.2 Å². The molecule has 0 radical (unpaired) electrons. The molecule has 0 bridgehead atoms. The summed E-state index contributed by atoms with van der Waals surface area (Å²) in [6.45, 7) is 0. The minimum Gasteiger partial charge on any atom is -0.502 e. The summed E-state index contributed by atoms with van der Waals surface area (Å²) in [5, 5.41) is 13.9. The van der Waals surface area contributed by atoms with E-state index in [9.17, 15) is 5.11 Å². The van der Waals surface area contributed by atoms with Crippen molar-refractivity contribution in [3.05, 3.63) is 48.0 Å². The second kappa shape index (κ2) is 6.47. The minimum atomic E-state index is -0.0248. The molecule has 2 rings (SSSR count). The fraction of sp³-hybridized carbons (Fsp3) is 0.133. The maximum Gasteiger partial charge on any atom is 0.200 e. The standard InChI is InChI=1S/C15H16N2O3/c1-19-13-8-11(9-14(20-2)15(13)18)10-16-17-12-6-4-3-5-7-12/h3-10,17-18H,1-2H3. The van der Waals surface area contributed by atoms with E-state index in [1.54, 1.807) is 18.3 Å². The monoisotopic (exact) mass is 272 g/mol. The van der Waals surface area contributed by atoms with Gasteiger partial charge in [0.1, 0.15) is 0 Å². The zero-order chi connectivity index (χ0) is 14.4. The molecule has 20 heavy (non-hydrogen) atoms. The van der Waals surface area contributed by atoms with E-state index in [1.807, 2.05) is 30.3 Å². The molecule has 0 aliphatic rings. The number of benzene rings is 2. The smallest absolute Gasteiger partial charge is 0.200 e. The molecule has 104 valence electrons. The molecule has 0 saturated heterocycles. The number of nitrogens with zero attached hydrogens (tertiary/aromatic N) is 1. The van der Waals surface area contributed by atoms with E-state index in [4.69, 9.17) is 9.47 Å². The predicted octanol–water partition coefficient (Wildman–Crippen LogP) is 2.86. The molecule has 0 fully saturated rings. The van der Waals surface area contributed by atoms with Crippen LogP contribution in [0, 0.1) is 0 Å². The summed E-state index contributed by atoms with van der Waals surface area (Å²) in [7, 11) is 2.97. The SMILES string of the molecule is COc1cc(C=NNc2ccccc2)cc(OC)c1O. The Labute approximate surface area is 117 Å². The molecule has 2 aromatic rings. The molecule has 0 unspecified atom stereocenters. The lowest BCUT2D eigenvalue weighted by Crippen LogP contribution is -1.94. The van der Waals surface area contributed by atoms with Crippen molar-refractivity contribution < 1.29 is 14.6 Å². The lowest BCUT2D eigenvalue weighted by molar-refractivity contribution is 0.340. The Bertz CT molecular complexity index is 572. The van der Waals surface area contributed by atoms with Crippen molar-refractivity contribution in [3.8, 4) is 17.2 Å². The van der Waals surface area contributed by atoms with Gasteiger partial charge in [-0.2, -0.15) is 5.10 Å². The molecule has 2 N–H and O–H groups in total. The van der Waals surface area contributed by atoms with Crippen LogP contribution in [0.25, 0.3) is 0 Å². The lowest BCUT2D eigenvalue weighted by Gasteiger charge is -2.09. The van der Waals surface area contributed by atoms with E-state index in [2.05, 4.69) is 10.5 Å². The molecule has 0 heterocycles. The number of hydrogen-bond acceptors (Lipinski definition) is 5. The van der Waals surface area contributed by atoms with Gasteiger partial charge in [-0.1, -0.05) is 18.2 Å². The number of rotatable bonds is 5. The van der Waals surface area contributed by atoms with E-state index < -0.39 is 0 Å². The first-order chi connectivity index (χ1) is 9.74. The van der Waals surface area contributed by atoms with Crippen LogP contribution in [-0.4, -0.2) is 25.5 Å². The summed E-state index contributed by atoms with van der Waals surface area (Å²) in [6, 6.07) is 13.0. The number of methoxy groups -OCH3 is 2. The maximum atomic E-state index is 9.81. The van der Waals surface area contributed by atoms with Crippen molar-refractivity contribution >= 4 is 11.9 Å². The number of ether oxygens (including phenoxy) is 2. The summed E-state index contributed by atoms with van der Waals surface area (Å²) in [5.74, 6) is 0.652. The molecular weight excluding hydrogens is 256 g/mol. The van der Waals surface area contributed by atoms with Crippen LogP contribution in [0.1, 0.15) is 5.56 Å². The quantitative estimate of drug-likeness (QED) is 0.649. The summed E-state index contributed by atoms with van der Waals surface area (Å²) >= 11 is 0. The Morgan fingerprint density at radius 2 is 1.65 bits per heavy atom. The van der Waals surface area contributed by atoms with Crippen molar-refractivity contribution in [1.82, 2.24) is 0 Å². The van der Waals surface area contributed by atoms with Crippen LogP contribution in [0.2, 0.25) is 0 Å². The van der Waals surface area contributed by atoms with E-state index >= 15 is 0 Å². The number of hydrogen-bond donors (Lipinski definition) is 2. The van der Waals surface area contributed by atoms with Crippen molar-refractivity contribution in [2.75, 3.05) is 19.6 Å². The molecule has 0 aliphatic heterocycles. The van der Waals surface area contributed by atoms with E-state index in [0.717, 1.165) is 11.3 Å². The first-order valence-corrected chi connectivity index (χ1v) is 6.03. The van der Waals surface area contributed by atoms with Crippen molar-refractivity contribution in [2.45, 2.75) is 0 Å². The van der Waals surface area contributed by atoms with E-state index in [0.29, 0.717) is 11.5 Å². The first-order valence-electron chi connectivity index (χ1n) is 6.03. The highest BCUT2D eigenvalue weighted by Crippen LogP contribution is 2.36. The number of para-hydroxylation sites is 1. The molecule has 5 nitrogen and oxygen atoms in total. The van der Waals surface area contributed by atoms with Crippen molar-refractivity contribution in [1.29, 1.82) is 0 Å². The normalized spacial score (nSPS) is 10.5. The van der Waals surface area contributed by atoms with Gasteiger partial charge in [-0.15, -0.1) is 0 Å². The third-order valence-electron chi connectivity index (χ3n) is 2.68. The first kappa shape index (κ1) is 13.7. The molecule has 0 spiro atoms. The molecule has 0 atom stereocenters. The summed E-state index contributed by atoms with van der Waals surface area (Å²) in [4.78, 5) is 0. The van der Waals surface area contributed by atoms with Crippen LogP contribution in [0.4, 0.5) is 5.69 Å². The number of phenols is 1. The maximum absolute atomic E-state index is 9.81. The van der Waals surface area contributed by atoms with Crippen LogP contribution in [0.3, 0.4) is 0 Å². The Hall–Kier alpha value is -2.69.